The second-order valence-corrected chi connectivity index (χ2v) is 4.67. The van der Waals surface area contributed by atoms with Crippen LogP contribution in [0.25, 0.3) is 0 Å². The van der Waals surface area contributed by atoms with E-state index in [0.717, 1.165) is 5.01 Å². The summed E-state index contributed by atoms with van der Waals surface area (Å²) in [4.78, 5) is 24.0. The second-order valence-electron chi connectivity index (χ2n) is 4.24. The maximum Gasteiger partial charge on any atom is 0.321 e. The molecule has 4 nitrogen and oxygen atoms in total. The Morgan fingerprint density at radius 2 is 1.55 bits per heavy atom. The number of carbonyl (C=O) groups excluding carboxylic acids is 2. The van der Waals surface area contributed by atoms with Crippen LogP contribution in [0.3, 0.4) is 0 Å². The molecule has 1 aliphatic heterocycles. The van der Waals surface area contributed by atoms with Gasteiger partial charge in [0.2, 0.25) is 0 Å². The average Bonchev–Trinajstić information content (AvgIpc) is 2.77. The van der Waals surface area contributed by atoms with Crippen LogP contribution in [-0.2, 0) is 9.59 Å². The van der Waals surface area contributed by atoms with E-state index in [9.17, 15) is 9.59 Å². The van der Waals surface area contributed by atoms with Crippen LogP contribution in [0.15, 0.2) is 59.7 Å². The first kappa shape index (κ1) is 12.6. The van der Waals surface area contributed by atoms with E-state index in [-0.39, 0.29) is 5.71 Å². The van der Waals surface area contributed by atoms with Crippen molar-refractivity contribution in [2.75, 3.05) is 5.01 Å². The van der Waals surface area contributed by atoms with Crippen molar-refractivity contribution in [2.24, 2.45) is 5.10 Å². The van der Waals surface area contributed by atoms with E-state index in [2.05, 4.69) is 5.10 Å². The van der Waals surface area contributed by atoms with Crippen LogP contribution >= 0.6 is 11.6 Å². The van der Waals surface area contributed by atoms with Gasteiger partial charge in [0.15, 0.2) is 0 Å². The van der Waals surface area contributed by atoms with Crippen LogP contribution < -0.4 is 5.01 Å². The van der Waals surface area contributed by atoms with Crippen LogP contribution in [0.1, 0.15) is 5.56 Å². The minimum Gasteiger partial charge on any atom is -0.281 e. The molecule has 1 amide bonds. The van der Waals surface area contributed by atoms with Crippen molar-refractivity contribution >= 4 is 34.7 Å². The zero-order valence-electron chi connectivity index (χ0n) is 10.3. The Kier molecular flexibility index (Phi) is 3.08. The highest BCUT2D eigenvalue weighted by molar-refractivity contribution is 6.72. The van der Waals surface area contributed by atoms with E-state index in [1.807, 2.05) is 6.07 Å². The van der Waals surface area contributed by atoms with Gasteiger partial charge in [-0.25, -0.2) is 0 Å². The Bertz CT molecular complexity index is 708. The number of hydrogen-bond acceptors (Lipinski definition) is 3. The molecule has 0 saturated heterocycles. The maximum absolute atomic E-state index is 12.0. The first-order valence-electron chi connectivity index (χ1n) is 5.95. The number of Topliss-reactive ketones (excluding diaryl/α,β-unsaturated/α-hetero) is 1. The summed E-state index contributed by atoms with van der Waals surface area (Å²) < 4.78 is 0. The Hall–Kier alpha value is -2.46. The van der Waals surface area contributed by atoms with Crippen molar-refractivity contribution in [1.29, 1.82) is 0 Å². The first-order chi connectivity index (χ1) is 9.66. The highest BCUT2D eigenvalue weighted by Gasteiger charge is 2.35. The highest BCUT2D eigenvalue weighted by Crippen LogP contribution is 2.23. The standard InChI is InChI=1S/C15H9ClN2O2/c16-11-6-8-12(9-7-11)18-15(20)14(19)13(17-18)10-4-2-1-3-5-10/h1-9H. The fraction of sp³-hybridized carbons (Fsp3) is 0. The lowest BCUT2D eigenvalue weighted by Gasteiger charge is -2.09. The molecule has 0 aliphatic carbocycles. The third-order valence-electron chi connectivity index (χ3n) is 2.92. The second kappa shape index (κ2) is 4.90. The van der Waals surface area contributed by atoms with Gasteiger partial charge >= 0.3 is 5.91 Å². The molecule has 1 aliphatic rings. The van der Waals surface area contributed by atoms with E-state index in [0.29, 0.717) is 16.3 Å². The van der Waals surface area contributed by atoms with E-state index in [1.54, 1.807) is 48.5 Å². The molecule has 0 unspecified atom stereocenters. The zero-order chi connectivity index (χ0) is 14.1. The van der Waals surface area contributed by atoms with Gasteiger partial charge in [-0.3, -0.25) is 9.59 Å². The number of amides is 1. The SMILES string of the molecule is O=C1C(=O)N(c2ccc(Cl)cc2)N=C1c1ccccc1. The molecule has 2 aromatic carbocycles. The number of hydrazone groups is 1. The predicted molar refractivity (Wildman–Crippen MR) is 76.9 cm³/mol. The summed E-state index contributed by atoms with van der Waals surface area (Å²) >= 11 is 5.80. The Morgan fingerprint density at radius 3 is 2.20 bits per heavy atom. The summed E-state index contributed by atoms with van der Waals surface area (Å²) in [6.07, 6.45) is 0. The molecule has 0 radical (unpaired) electrons. The van der Waals surface area contributed by atoms with Crippen LogP contribution in [0, 0.1) is 0 Å². The average molecular weight is 285 g/mol. The Balaban J connectivity index is 2.02. The molecule has 0 atom stereocenters. The van der Waals surface area contributed by atoms with Crippen LogP contribution in [0.4, 0.5) is 5.69 Å². The smallest absolute Gasteiger partial charge is 0.281 e. The molecule has 0 bridgehead atoms. The number of carbonyl (C=O) groups is 2. The van der Waals surface area contributed by atoms with Crippen LogP contribution in [-0.4, -0.2) is 17.4 Å². The number of rotatable bonds is 2. The molecule has 1 heterocycles. The van der Waals surface area contributed by atoms with E-state index >= 15 is 0 Å². The van der Waals surface area contributed by atoms with Crippen LogP contribution in [0.2, 0.25) is 5.02 Å². The van der Waals surface area contributed by atoms with Gasteiger partial charge in [0, 0.05) is 10.6 Å². The van der Waals surface area contributed by atoms with Crippen molar-refractivity contribution < 1.29 is 9.59 Å². The normalized spacial score (nSPS) is 14.7. The van der Waals surface area contributed by atoms with E-state index in [1.165, 1.54) is 0 Å². The molecule has 0 fully saturated rings. The minimum atomic E-state index is -0.661. The van der Waals surface area contributed by atoms with Crippen molar-refractivity contribution in [3.8, 4) is 0 Å². The van der Waals surface area contributed by atoms with Crippen LogP contribution in [0.5, 0.6) is 0 Å². The number of halogens is 1. The summed E-state index contributed by atoms with van der Waals surface area (Å²) in [5.41, 5.74) is 1.30. The lowest BCUT2D eigenvalue weighted by molar-refractivity contribution is -0.131. The zero-order valence-corrected chi connectivity index (χ0v) is 11.0. The third-order valence-corrected chi connectivity index (χ3v) is 3.17. The van der Waals surface area contributed by atoms with Gasteiger partial charge in [0.05, 0.1) is 5.69 Å². The number of ketones is 1. The van der Waals surface area contributed by atoms with Gasteiger partial charge in [0.25, 0.3) is 5.78 Å². The molecule has 5 heteroatoms. The van der Waals surface area contributed by atoms with Crippen molar-refractivity contribution in [1.82, 2.24) is 0 Å². The summed E-state index contributed by atoms with van der Waals surface area (Å²) in [5.74, 6) is -1.27. The molecule has 0 saturated carbocycles. The quantitative estimate of drug-likeness (QED) is 0.796. The molecule has 3 rings (SSSR count). The number of nitrogens with zero attached hydrogens (tertiary/aromatic N) is 2. The van der Waals surface area contributed by atoms with Gasteiger partial charge in [-0.2, -0.15) is 10.1 Å². The molecule has 0 aromatic heterocycles. The topological polar surface area (TPSA) is 49.7 Å². The molecule has 2 aromatic rings. The molecule has 0 N–H and O–H groups in total. The van der Waals surface area contributed by atoms with Gasteiger partial charge in [-0.1, -0.05) is 41.9 Å². The molecule has 20 heavy (non-hydrogen) atoms. The lowest BCUT2D eigenvalue weighted by atomic mass is 10.1. The van der Waals surface area contributed by atoms with E-state index < -0.39 is 11.7 Å². The minimum absolute atomic E-state index is 0.158. The largest absolute Gasteiger partial charge is 0.321 e. The first-order valence-corrected chi connectivity index (χ1v) is 6.33. The Morgan fingerprint density at radius 1 is 0.900 bits per heavy atom. The number of benzene rings is 2. The third kappa shape index (κ3) is 2.10. The fourth-order valence-corrected chi connectivity index (χ4v) is 2.06. The van der Waals surface area contributed by atoms with Crippen molar-refractivity contribution in [3.63, 3.8) is 0 Å². The molecule has 0 spiro atoms. The molecule has 98 valence electrons. The number of hydrogen-bond donors (Lipinski definition) is 0. The van der Waals surface area contributed by atoms with Gasteiger partial charge < -0.3 is 0 Å². The Labute approximate surface area is 120 Å². The summed E-state index contributed by atoms with van der Waals surface area (Å²) in [7, 11) is 0. The number of anilines is 1. The highest BCUT2D eigenvalue weighted by atomic mass is 35.5. The predicted octanol–water partition coefficient (Wildman–Crippen LogP) is 2.66. The summed E-state index contributed by atoms with van der Waals surface area (Å²) in [5, 5.41) is 5.78. The van der Waals surface area contributed by atoms with Crippen molar-refractivity contribution in [3.05, 3.63) is 65.2 Å². The van der Waals surface area contributed by atoms with Gasteiger partial charge in [0.1, 0.15) is 5.71 Å². The maximum atomic E-state index is 12.0. The van der Waals surface area contributed by atoms with Gasteiger partial charge in [-0.15, -0.1) is 0 Å². The van der Waals surface area contributed by atoms with Crippen molar-refractivity contribution in [2.45, 2.75) is 0 Å². The molecular weight excluding hydrogens is 276 g/mol. The summed E-state index contributed by atoms with van der Waals surface area (Å²) in [6, 6.07) is 15.5. The molecular formula is C15H9ClN2O2. The van der Waals surface area contributed by atoms with Gasteiger partial charge in [-0.05, 0) is 24.3 Å². The monoisotopic (exact) mass is 284 g/mol. The fourth-order valence-electron chi connectivity index (χ4n) is 1.93. The van der Waals surface area contributed by atoms with E-state index in [4.69, 9.17) is 11.6 Å². The lowest BCUT2D eigenvalue weighted by Crippen LogP contribution is -2.27. The summed E-state index contributed by atoms with van der Waals surface area (Å²) in [6.45, 7) is 0.